The number of aromatic amines is 1. The van der Waals surface area contributed by atoms with E-state index in [0.29, 0.717) is 6.54 Å². The second-order valence-electron chi connectivity index (χ2n) is 5.07. The quantitative estimate of drug-likeness (QED) is 0.746. The Bertz CT molecular complexity index is 594. The first kappa shape index (κ1) is 12.5. The predicted octanol–water partition coefficient (Wildman–Crippen LogP) is 0.992. The van der Waals surface area contributed by atoms with Crippen molar-refractivity contribution in [2.45, 2.75) is 25.3 Å². The molecule has 0 fully saturated rings. The molecule has 3 aromatic rings. The number of aromatic nitrogens is 7. The molecule has 0 radical (unpaired) electrons. The number of hydrogen-bond acceptors (Lipinski definition) is 5. The maximum absolute atomic E-state index is 4.16. The van der Waals surface area contributed by atoms with Crippen LogP contribution in [0.25, 0.3) is 0 Å². The number of nitrogens with one attached hydrogen (secondary N) is 1. The van der Waals surface area contributed by atoms with Crippen LogP contribution in [0.3, 0.4) is 0 Å². The van der Waals surface area contributed by atoms with E-state index in [1.54, 1.807) is 17.2 Å². The average Bonchev–Trinajstić information content (AvgIpc) is 3.13. The van der Waals surface area contributed by atoms with E-state index in [2.05, 4.69) is 50.0 Å². The van der Waals surface area contributed by atoms with Gasteiger partial charge in [0.25, 0.3) is 0 Å². The van der Waals surface area contributed by atoms with Gasteiger partial charge in [0.1, 0.15) is 6.33 Å². The fourth-order valence-corrected chi connectivity index (χ4v) is 2.41. The molecule has 0 spiro atoms. The number of rotatable bonds is 5. The third-order valence-electron chi connectivity index (χ3n) is 3.41. The highest BCUT2D eigenvalue weighted by Crippen LogP contribution is 2.29. The molecule has 0 saturated heterocycles. The fourth-order valence-electron chi connectivity index (χ4n) is 2.41. The van der Waals surface area contributed by atoms with E-state index in [4.69, 9.17) is 0 Å². The Morgan fingerprint density at radius 1 is 1.25 bits per heavy atom. The summed E-state index contributed by atoms with van der Waals surface area (Å²) in [5.74, 6) is 0. The molecular weight excluding hydrogens is 254 g/mol. The maximum atomic E-state index is 4.16. The van der Waals surface area contributed by atoms with Crippen LogP contribution < -0.4 is 0 Å². The van der Waals surface area contributed by atoms with Gasteiger partial charge in [-0.15, -0.1) is 5.10 Å². The molecule has 102 valence electrons. The molecule has 0 aliphatic carbocycles. The molecule has 1 aromatic carbocycles. The van der Waals surface area contributed by atoms with E-state index in [1.165, 1.54) is 5.56 Å². The predicted molar refractivity (Wildman–Crippen MR) is 71.7 cm³/mol. The van der Waals surface area contributed by atoms with Gasteiger partial charge in [0, 0.05) is 11.8 Å². The topological polar surface area (TPSA) is 85.2 Å². The van der Waals surface area contributed by atoms with E-state index < -0.39 is 0 Å². The summed E-state index contributed by atoms with van der Waals surface area (Å²) in [6.45, 7) is 2.86. The van der Waals surface area contributed by atoms with Crippen molar-refractivity contribution in [1.82, 2.24) is 35.6 Å². The molecule has 3 rings (SSSR count). The SMILES string of the molecule is CC(Cc1cn[nH]n1)(Cn1cnnn1)c1ccccc1. The number of hydrogen-bond donors (Lipinski definition) is 1. The summed E-state index contributed by atoms with van der Waals surface area (Å²) in [6, 6.07) is 10.3. The van der Waals surface area contributed by atoms with Gasteiger partial charge in [0.2, 0.25) is 0 Å². The minimum Gasteiger partial charge on any atom is -0.232 e. The van der Waals surface area contributed by atoms with Crippen LogP contribution in [0, 0.1) is 0 Å². The van der Waals surface area contributed by atoms with Crippen molar-refractivity contribution < 1.29 is 0 Å². The Kier molecular flexibility index (Phi) is 3.24. The molecule has 0 amide bonds. The Morgan fingerprint density at radius 2 is 2.10 bits per heavy atom. The Hall–Kier alpha value is -2.57. The molecule has 1 atom stereocenters. The normalized spacial score (nSPS) is 14.1. The van der Waals surface area contributed by atoms with Crippen molar-refractivity contribution in [2.75, 3.05) is 0 Å². The first-order chi connectivity index (χ1) is 9.76. The van der Waals surface area contributed by atoms with Gasteiger partial charge in [-0.25, -0.2) is 4.68 Å². The van der Waals surface area contributed by atoms with Gasteiger partial charge in [-0.05, 0) is 16.0 Å². The van der Waals surface area contributed by atoms with Crippen molar-refractivity contribution in [3.05, 3.63) is 54.1 Å². The fraction of sp³-hybridized carbons (Fsp3) is 0.308. The molecule has 0 saturated carbocycles. The van der Waals surface area contributed by atoms with Crippen LogP contribution in [0.4, 0.5) is 0 Å². The largest absolute Gasteiger partial charge is 0.232 e. The first-order valence-corrected chi connectivity index (χ1v) is 6.37. The van der Waals surface area contributed by atoms with Gasteiger partial charge in [0.05, 0.1) is 18.4 Å². The summed E-state index contributed by atoms with van der Waals surface area (Å²) in [5, 5.41) is 22.0. The van der Waals surface area contributed by atoms with Gasteiger partial charge in [-0.1, -0.05) is 37.3 Å². The molecule has 1 unspecified atom stereocenters. The molecule has 0 bridgehead atoms. The number of H-pyrrole nitrogens is 1. The van der Waals surface area contributed by atoms with Gasteiger partial charge in [-0.2, -0.15) is 15.4 Å². The third kappa shape index (κ3) is 2.56. The van der Waals surface area contributed by atoms with Crippen LogP contribution in [-0.4, -0.2) is 35.6 Å². The highest BCUT2D eigenvalue weighted by atomic mass is 15.5. The Labute approximate surface area is 116 Å². The molecule has 0 aliphatic heterocycles. The molecular formula is C13H15N7. The summed E-state index contributed by atoms with van der Waals surface area (Å²) in [6.07, 6.45) is 4.14. The molecule has 1 N–H and O–H groups in total. The van der Waals surface area contributed by atoms with Crippen LogP contribution in [0.5, 0.6) is 0 Å². The second kappa shape index (κ2) is 5.20. The minimum absolute atomic E-state index is 0.159. The van der Waals surface area contributed by atoms with Crippen LogP contribution >= 0.6 is 0 Å². The summed E-state index contributed by atoms with van der Waals surface area (Å²) in [4.78, 5) is 0. The van der Waals surface area contributed by atoms with E-state index in [1.807, 2.05) is 18.2 Å². The molecule has 2 aromatic heterocycles. The Morgan fingerprint density at radius 3 is 2.75 bits per heavy atom. The van der Waals surface area contributed by atoms with E-state index in [0.717, 1.165) is 12.1 Å². The lowest BCUT2D eigenvalue weighted by Gasteiger charge is -2.29. The van der Waals surface area contributed by atoms with Gasteiger partial charge in [0.15, 0.2) is 0 Å². The average molecular weight is 269 g/mol. The standard InChI is InChI=1S/C13H15N7/c1-13(7-12-8-14-17-16-12,9-20-10-15-18-19-20)11-5-3-2-4-6-11/h2-6,8,10H,7,9H2,1H3,(H,14,16,17). The van der Waals surface area contributed by atoms with Crippen LogP contribution in [0.15, 0.2) is 42.9 Å². The lowest BCUT2D eigenvalue weighted by molar-refractivity contribution is 0.364. The lowest BCUT2D eigenvalue weighted by atomic mass is 9.78. The van der Waals surface area contributed by atoms with Gasteiger partial charge >= 0.3 is 0 Å². The zero-order valence-corrected chi connectivity index (χ0v) is 11.1. The molecule has 0 aliphatic rings. The van der Waals surface area contributed by atoms with Crippen LogP contribution in [-0.2, 0) is 18.4 Å². The molecule has 2 heterocycles. The summed E-state index contributed by atoms with van der Waals surface area (Å²) < 4.78 is 1.74. The highest BCUT2D eigenvalue weighted by molar-refractivity contribution is 5.26. The second-order valence-corrected chi connectivity index (χ2v) is 5.07. The van der Waals surface area contributed by atoms with Gasteiger partial charge in [-0.3, -0.25) is 0 Å². The number of nitrogens with zero attached hydrogens (tertiary/aromatic N) is 6. The first-order valence-electron chi connectivity index (χ1n) is 6.37. The lowest BCUT2D eigenvalue weighted by Crippen LogP contribution is -2.31. The van der Waals surface area contributed by atoms with E-state index in [-0.39, 0.29) is 5.41 Å². The zero-order valence-electron chi connectivity index (χ0n) is 11.1. The smallest absolute Gasteiger partial charge is 0.138 e. The molecule has 7 nitrogen and oxygen atoms in total. The molecule has 20 heavy (non-hydrogen) atoms. The number of benzene rings is 1. The summed E-state index contributed by atoms with van der Waals surface area (Å²) in [5.41, 5.74) is 1.98. The monoisotopic (exact) mass is 269 g/mol. The third-order valence-corrected chi connectivity index (χ3v) is 3.41. The highest BCUT2D eigenvalue weighted by Gasteiger charge is 2.29. The Balaban J connectivity index is 1.93. The maximum Gasteiger partial charge on any atom is 0.138 e. The van der Waals surface area contributed by atoms with Crippen molar-refractivity contribution in [3.63, 3.8) is 0 Å². The van der Waals surface area contributed by atoms with Crippen molar-refractivity contribution in [1.29, 1.82) is 0 Å². The van der Waals surface area contributed by atoms with Crippen molar-refractivity contribution in [3.8, 4) is 0 Å². The van der Waals surface area contributed by atoms with E-state index >= 15 is 0 Å². The zero-order chi connectivity index (χ0) is 13.8. The van der Waals surface area contributed by atoms with Gasteiger partial charge < -0.3 is 0 Å². The molecule has 7 heteroatoms. The van der Waals surface area contributed by atoms with Crippen LogP contribution in [0.2, 0.25) is 0 Å². The van der Waals surface area contributed by atoms with Crippen molar-refractivity contribution >= 4 is 0 Å². The number of tetrazole rings is 1. The van der Waals surface area contributed by atoms with Crippen LogP contribution in [0.1, 0.15) is 18.2 Å². The van der Waals surface area contributed by atoms with E-state index in [9.17, 15) is 0 Å². The summed E-state index contributed by atoms with van der Waals surface area (Å²) >= 11 is 0. The van der Waals surface area contributed by atoms with Crippen molar-refractivity contribution in [2.24, 2.45) is 0 Å². The summed E-state index contributed by atoms with van der Waals surface area (Å²) in [7, 11) is 0. The minimum atomic E-state index is -0.159.